The lowest BCUT2D eigenvalue weighted by molar-refractivity contribution is 0.590. The van der Waals surface area contributed by atoms with Crippen molar-refractivity contribution in [2.24, 2.45) is 0 Å². The summed E-state index contributed by atoms with van der Waals surface area (Å²) in [4.78, 5) is 0.195. The molecule has 5 heteroatoms. The maximum atomic E-state index is 13.2. The second-order valence-electron chi connectivity index (χ2n) is 5.32. The van der Waals surface area contributed by atoms with Crippen LogP contribution in [-0.2, 0) is 9.84 Å². The van der Waals surface area contributed by atoms with E-state index in [4.69, 9.17) is 4.11 Å². The molecule has 0 saturated carbocycles. The molecule has 0 saturated heterocycles. The van der Waals surface area contributed by atoms with E-state index in [0.29, 0.717) is 5.56 Å². The Bertz CT molecular complexity index is 1080. The molecule has 3 rings (SSSR count). The van der Waals surface area contributed by atoms with E-state index < -0.39 is 15.1 Å². The Morgan fingerprint density at radius 1 is 1.12 bits per heavy atom. The molecule has 24 heavy (non-hydrogen) atoms. The summed E-state index contributed by atoms with van der Waals surface area (Å²) in [6.07, 6.45) is 2.15. The van der Waals surface area contributed by atoms with Gasteiger partial charge in [0.2, 0.25) is 0 Å². The number of hydrogen-bond acceptors (Lipinski definition) is 3. The molecule has 0 bridgehead atoms. The number of nitrogens with zero attached hydrogens (tertiary/aromatic N) is 2. The predicted molar refractivity (Wildman–Crippen MR) is 95.1 cm³/mol. The van der Waals surface area contributed by atoms with Gasteiger partial charge in [-0.3, -0.25) is 0 Å². The van der Waals surface area contributed by atoms with Gasteiger partial charge < -0.3 is 0 Å². The van der Waals surface area contributed by atoms with Crippen LogP contribution in [0.1, 0.15) is 20.5 Å². The van der Waals surface area contributed by atoms with Crippen LogP contribution in [0.5, 0.6) is 0 Å². The van der Waals surface area contributed by atoms with Gasteiger partial charge in [-0.2, -0.15) is 5.10 Å². The van der Waals surface area contributed by atoms with Crippen LogP contribution in [0.25, 0.3) is 6.20 Å². The molecule has 0 spiro atoms. The molecular formula is C19H18N2O2S. The SMILES string of the molecule is [2H]c1nn(/C=C/C(c2ccccc2)S(=O)(=O)c2ccc(C)cc2)c([2H])c1[2H]. The maximum absolute atomic E-state index is 13.2. The maximum Gasteiger partial charge on any atom is 0.189 e. The topological polar surface area (TPSA) is 52.0 Å². The molecule has 3 aromatic rings. The van der Waals surface area contributed by atoms with Gasteiger partial charge in [0.25, 0.3) is 0 Å². The monoisotopic (exact) mass is 341 g/mol. The van der Waals surface area contributed by atoms with Gasteiger partial charge in [-0.25, -0.2) is 13.1 Å². The van der Waals surface area contributed by atoms with Crippen molar-refractivity contribution in [2.75, 3.05) is 0 Å². The molecule has 0 N–H and O–H groups in total. The number of aromatic nitrogens is 2. The van der Waals surface area contributed by atoms with Gasteiger partial charge >= 0.3 is 0 Å². The quantitative estimate of drug-likeness (QED) is 0.708. The summed E-state index contributed by atoms with van der Waals surface area (Å²) in [6.45, 7) is 1.88. The number of benzene rings is 2. The fourth-order valence-electron chi connectivity index (χ4n) is 2.33. The first kappa shape index (κ1) is 12.7. The number of sulfone groups is 1. The molecule has 0 fully saturated rings. The third-order valence-electron chi connectivity index (χ3n) is 3.60. The van der Waals surface area contributed by atoms with Crippen molar-refractivity contribution in [1.82, 2.24) is 9.78 Å². The van der Waals surface area contributed by atoms with E-state index >= 15 is 0 Å². The van der Waals surface area contributed by atoms with E-state index in [1.54, 1.807) is 54.6 Å². The minimum absolute atomic E-state index is 0.195. The summed E-state index contributed by atoms with van der Waals surface area (Å²) < 4.78 is 50.4. The van der Waals surface area contributed by atoms with Crippen LogP contribution in [0, 0.1) is 6.92 Å². The normalized spacial score (nSPS) is 15.0. The molecule has 122 valence electrons. The standard InChI is InChI=1S/C19H18N2O2S/c1-16-8-10-18(11-9-16)24(22,23)19(17-6-3-2-4-7-17)12-15-21-14-5-13-20-21/h2-15,19H,1H3/b15-12+/i5D,13D,14D. The summed E-state index contributed by atoms with van der Waals surface area (Å²) >= 11 is 0. The Morgan fingerprint density at radius 3 is 2.46 bits per heavy atom. The Balaban J connectivity index is 2.08. The fourth-order valence-corrected chi connectivity index (χ4v) is 3.93. The molecule has 1 heterocycles. The number of aryl methyl sites for hydroxylation is 1. The molecule has 0 radical (unpaired) electrons. The molecular weight excluding hydrogens is 320 g/mol. The molecule has 1 atom stereocenters. The molecule has 4 nitrogen and oxygen atoms in total. The molecule has 0 aliphatic heterocycles. The van der Waals surface area contributed by atoms with Crippen LogP contribution >= 0.6 is 0 Å². The van der Waals surface area contributed by atoms with Gasteiger partial charge in [0, 0.05) is 18.5 Å². The van der Waals surface area contributed by atoms with Crippen LogP contribution in [0.4, 0.5) is 0 Å². The van der Waals surface area contributed by atoms with Crippen LogP contribution in [0.2, 0.25) is 0 Å². The van der Waals surface area contributed by atoms with E-state index in [0.717, 1.165) is 10.2 Å². The van der Waals surface area contributed by atoms with Crippen molar-refractivity contribution in [3.05, 3.63) is 90.2 Å². The average Bonchev–Trinajstić information content (AvgIpc) is 2.90. The molecule has 1 unspecified atom stereocenters. The first-order valence-corrected chi connectivity index (χ1v) is 8.91. The van der Waals surface area contributed by atoms with Crippen molar-refractivity contribution in [3.8, 4) is 0 Å². The molecule has 1 aromatic heterocycles. The highest BCUT2D eigenvalue weighted by molar-refractivity contribution is 7.91. The second kappa shape index (κ2) is 6.84. The van der Waals surface area contributed by atoms with E-state index in [9.17, 15) is 8.42 Å². The zero-order valence-corrected chi connectivity index (χ0v) is 13.9. The van der Waals surface area contributed by atoms with Crippen molar-refractivity contribution in [3.63, 3.8) is 0 Å². The first-order chi connectivity index (χ1) is 12.8. The molecule has 0 aliphatic carbocycles. The van der Waals surface area contributed by atoms with E-state index in [-0.39, 0.29) is 23.3 Å². The summed E-state index contributed by atoms with van der Waals surface area (Å²) in [5.41, 5.74) is 1.53. The van der Waals surface area contributed by atoms with Crippen LogP contribution in [0.15, 0.2) is 84.0 Å². The zero-order chi connectivity index (χ0) is 19.6. The van der Waals surface area contributed by atoms with Crippen LogP contribution < -0.4 is 0 Å². The fraction of sp³-hybridized carbons (Fsp3) is 0.105. The smallest absolute Gasteiger partial charge is 0.189 e. The van der Waals surface area contributed by atoms with Crippen molar-refractivity contribution >= 4 is 16.0 Å². The minimum Gasteiger partial charge on any atom is -0.249 e. The van der Waals surface area contributed by atoms with Gasteiger partial charge in [-0.15, -0.1) is 0 Å². The van der Waals surface area contributed by atoms with Crippen LogP contribution in [0.3, 0.4) is 0 Å². The van der Waals surface area contributed by atoms with Crippen molar-refractivity contribution < 1.29 is 12.5 Å². The highest BCUT2D eigenvalue weighted by Crippen LogP contribution is 2.30. The van der Waals surface area contributed by atoms with Gasteiger partial charge in [-0.1, -0.05) is 48.0 Å². The Hall–Kier alpha value is -2.66. The lowest BCUT2D eigenvalue weighted by atomic mass is 10.1. The zero-order valence-electron chi connectivity index (χ0n) is 16.0. The largest absolute Gasteiger partial charge is 0.249 e. The average molecular weight is 341 g/mol. The first-order valence-electron chi connectivity index (χ1n) is 8.87. The highest BCUT2D eigenvalue weighted by atomic mass is 32.2. The summed E-state index contributed by atoms with van der Waals surface area (Å²) in [5.74, 6) is 0. The summed E-state index contributed by atoms with van der Waals surface area (Å²) in [5, 5.41) is 2.78. The number of rotatable bonds is 5. The van der Waals surface area contributed by atoms with E-state index in [2.05, 4.69) is 5.10 Å². The molecule has 2 aromatic carbocycles. The lowest BCUT2D eigenvalue weighted by Gasteiger charge is -2.15. The van der Waals surface area contributed by atoms with Gasteiger partial charge in [-0.05, 0) is 36.7 Å². The Morgan fingerprint density at radius 2 is 1.83 bits per heavy atom. The van der Waals surface area contributed by atoms with Crippen molar-refractivity contribution in [1.29, 1.82) is 0 Å². The van der Waals surface area contributed by atoms with Crippen molar-refractivity contribution in [2.45, 2.75) is 17.1 Å². The predicted octanol–water partition coefficient (Wildman–Crippen LogP) is 3.88. The van der Waals surface area contributed by atoms with E-state index in [1.807, 2.05) is 6.92 Å². The lowest BCUT2D eigenvalue weighted by Crippen LogP contribution is -2.12. The third-order valence-corrected chi connectivity index (χ3v) is 5.63. The van der Waals surface area contributed by atoms with Gasteiger partial charge in [0.1, 0.15) is 5.25 Å². The number of hydrogen-bond donors (Lipinski definition) is 0. The molecule has 0 aliphatic rings. The van der Waals surface area contributed by atoms with E-state index in [1.165, 1.54) is 12.3 Å². The second-order valence-corrected chi connectivity index (χ2v) is 7.39. The van der Waals surface area contributed by atoms with Gasteiger partial charge in [0.15, 0.2) is 9.84 Å². The molecule has 0 amide bonds. The third kappa shape index (κ3) is 3.46. The highest BCUT2D eigenvalue weighted by Gasteiger charge is 2.26. The van der Waals surface area contributed by atoms with Gasteiger partial charge in [0.05, 0.1) is 9.01 Å². The van der Waals surface area contributed by atoms with Crippen LogP contribution in [-0.4, -0.2) is 18.2 Å². The minimum atomic E-state index is -3.74. The summed E-state index contributed by atoms with van der Waals surface area (Å²) in [7, 11) is -3.74. The Labute approximate surface area is 146 Å². The summed E-state index contributed by atoms with van der Waals surface area (Å²) in [6, 6.07) is 15.1. The Kier molecular flexibility index (Phi) is 3.63.